The molecule has 0 aromatic heterocycles. The Balaban J connectivity index is 4.41. The second-order valence-electron chi connectivity index (χ2n) is 18.5. The molecule has 0 aromatic carbocycles. The van der Waals surface area contributed by atoms with E-state index >= 15 is 0 Å². The van der Waals surface area contributed by atoms with Gasteiger partial charge >= 0.3 is 17.9 Å². The summed E-state index contributed by atoms with van der Waals surface area (Å²) in [5.74, 6) is -0.901. The van der Waals surface area contributed by atoms with Crippen LogP contribution in [0.1, 0.15) is 284 Å². The lowest BCUT2D eigenvalue weighted by Gasteiger charge is -2.18. The Morgan fingerprint density at radius 2 is 0.562 bits per heavy atom. The van der Waals surface area contributed by atoms with Crippen LogP contribution in [0.5, 0.6) is 0 Å². The third kappa shape index (κ3) is 50.4. The quantitative estimate of drug-likeness (QED) is 0.0262. The van der Waals surface area contributed by atoms with Crippen molar-refractivity contribution in [2.45, 2.75) is 290 Å². The summed E-state index contributed by atoms with van der Waals surface area (Å²) in [6.07, 6.45) is 63.8. The van der Waals surface area contributed by atoms with Gasteiger partial charge in [-0.25, -0.2) is 0 Å². The molecule has 0 aliphatic carbocycles. The van der Waals surface area contributed by atoms with Gasteiger partial charge in [0, 0.05) is 19.3 Å². The molecule has 0 saturated carbocycles. The van der Waals surface area contributed by atoms with Crippen molar-refractivity contribution < 1.29 is 28.6 Å². The van der Waals surface area contributed by atoms with Gasteiger partial charge in [-0.3, -0.25) is 14.4 Å². The van der Waals surface area contributed by atoms with Crippen LogP contribution in [0.4, 0.5) is 0 Å². The molecule has 0 aliphatic rings. The third-order valence-electron chi connectivity index (χ3n) is 12.1. The maximum Gasteiger partial charge on any atom is 0.306 e. The average Bonchev–Trinajstić information content (AvgIpc) is 3.29. The molecule has 0 N–H and O–H groups in total. The van der Waals surface area contributed by atoms with Crippen LogP contribution in [0, 0.1) is 0 Å². The first-order valence-corrected chi connectivity index (χ1v) is 27.6. The van der Waals surface area contributed by atoms with E-state index in [1.165, 1.54) is 148 Å². The predicted octanol–water partition coefficient (Wildman–Crippen LogP) is 18.3. The van der Waals surface area contributed by atoms with Crippen LogP contribution in [-0.4, -0.2) is 37.2 Å². The molecule has 0 aromatic rings. The molecule has 0 spiro atoms. The van der Waals surface area contributed by atoms with Gasteiger partial charge in [-0.1, -0.05) is 230 Å². The van der Waals surface area contributed by atoms with Crippen molar-refractivity contribution in [3.05, 3.63) is 48.6 Å². The summed E-state index contributed by atoms with van der Waals surface area (Å²) in [6.45, 7) is 6.60. The SMILES string of the molecule is CCCCC/C=C\C/C=C\C/C=C\CCCCCCC(=O)OC[C@@H](COC(=O)CCCCCCCCCCCCCCC)OC(=O)CCCCCCC/C=C\CCCCCCCCC. The van der Waals surface area contributed by atoms with Gasteiger partial charge in [0.1, 0.15) is 13.2 Å². The molecule has 0 unspecified atom stereocenters. The average molecular weight is 897 g/mol. The summed E-state index contributed by atoms with van der Waals surface area (Å²) in [7, 11) is 0. The third-order valence-corrected chi connectivity index (χ3v) is 12.1. The van der Waals surface area contributed by atoms with Crippen molar-refractivity contribution in [1.29, 1.82) is 0 Å². The lowest BCUT2D eigenvalue weighted by molar-refractivity contribution is -0.167. The maximum atomic E-state index is 12.8. The van der Waals surface area contributed by atoms with Gasteiger partial charge in [0.2, 0.25) is 0 Å². The molecule has 0 saturated heterocycles. The van der Waals surface area contributed by atoms with Crippen molar-refractivity contribution in [2.75, 3.05) is 13.2 Å². The van der Waals surface area contributed by atoms with Crippen LogP contribution in [0.15, 0.2) is 48.6 Å². The van der Waals surface area contributed by atoms with Gasteiger partial charge in [-0.15, -0.1) is 0 Å². The Bertz CT molecular complexity index is 1120. The molecule has 6 heteroatoms. The maximum absolute atomic E-state index is 12.8. The molecule has 372 valence electrons. The molecule has 0 heterocycles. The molecular formula is C58H104O6. The largest absolute Gasteiger partial charge is 0.462 e. The zero-order valence-electron chi connectivity index (χ0n) is 42.6. The van der Waals surface area contributed by atoms with Crippen LogP contribution in [-0.2, 0) is 28.6 Å². The zero-order chi connectivity index (χ0) is 46.5. The zero-order valence-corrected chi connectivity index (χ0v) is 42.6. The normalized spacial score (nSPS) is 12.4. The van der Waals surface area contributed by atoms with E-state index in [1.54, 1.807) is 0 Å². The molecule has 0 rings (SSSR count). The number of carbonyl (C=O) groups is 3. The summed E-state index contributed by atoms with van der Waals surface area (Å²) in [5, 5.41) is 0. The number of hydrogen-bond acceptors (Lipinski definition) is 6. The minimum atomic E-state index is -0.784. The number of allylic oxidation sites excluding steroid dienone is 8. The highest BCUT2D eigenvalue weighted by Crippen LogP contribution is 2.15. The number of carbonyl (C=O) groups excluding carboxylic acids is 3. The van der Waals surface area contributed by atoms with E-state index in [0.29, 0.717) is 19.3 Å². The molecule has 0 amide bonds. The van der Waals surface area contributed by atoms with Crippen LogP contribution in [0.25, 0.3) is 0 Å². The van der Waals surface area contributed by atoms with Crippen molar-refractivity contribution in [3.8, 4) is 0 Å². The summed E-state index contributed by atoms with van der Waals surface area (Å²) in [4.78, 5) is 38.1. The predicted molar refractivity (Wildman–Crippen MR) is 275 cm³/mol. The Labute approximate surface area is 397 Å². The second kappa shape index (κ2) is 53.0. The van der Waals surface area contributed by atoms with Crippen molar-refractivity contribution >= 4 is 17.9 Å². The van der Waals surface area contributed by atoms with Gasteiger partial charge in [-0.05, 0) is 83.5 Å². The van der Waals surface area contributed by atoms with Crippen molar-refractivity contribution in [1.82, 2.24) is 0 Å². The summed E-state index contributed by atoms with van der Waals surface area (Å²) >= 11 is 0. The lowest BCUT2D eigenvalue weighted by Crippen LogP contribution is -2.30. The van der Waals surface area contributed by atoms with Crippen LogP contribution >= 0.6 is 0 Å². The number of unbranched alkanes of at least 4 members (excludes halogenated alkanes) is 31. The van der Waals surface area contributed by atoms with E-state index in [1.807, 2.05) is 0 Å². The van der Waals surface area contributed by atoms with Gasteiger partial charge in [0.25, 0.3) is 0 Å². The number of hydrogen-bond donors (Lipinski definition) is 0. The number of rotatable bonds is 50. The van der Waals surface area contributed by atoms with E-state index in [-0.39, 0.29) is 31.1 Å². The van der Waals surface area contributed by atoms with E-state index < -0.39 is 6.10 Å². The molecule has 64 heavy (non-hydrogen) atoms. The highest BCUT2D eigenvalue weighted by atomic mass is 16.6. The Kier molecular flexibility index (Phi) is 50.8. The van der Waals surface area contributed by atoms with Crippen molar-refractivity contribution in [2.24, 2.45) is 0 Å². The lowest BCUT2D eigenvalue weighted by atomic mass is 10.0. The van der Waals surface area contributed by atoms with E-state index in [2.05, 4.69) is 69.4 Å². The first-order valence-electron chi connectivity index (χ1n) is 27.6. The summed E-state index contributed by atoms with van der Waals surface area (Å²) < 4.78 is 16.8. The fourth-order valence-corrected chi connectivity index (χ4v) is 7.86. The van der Waals surface area contributed by atoms with Crippen molar-refractivity contribution in [3.63, 3.8) is 0 Å². The molecule has 0 aliphatic heterocycles. The molecule has 6 nitrogen and oxygen atoms in total. The minimum Gasteiger partial charge on any atom is -0.462 e. The standard InChI is InChI=1S/C58H104O6/c1-4-7-10-13-16-19-22-25-27-29-31-33-36-39-42-45-48-51-57(60)63-54-55(53-62-56(59)50-47-44-41-38-35-32-24-21-18-15-12-9-6-3)64-58(61)52-49-46-43-40-37-34-30-28-26-23-20-17-14-11-8-5-2/h16,19,25,27-28,30-31,33,55H,4-15,17-18,20-24,26,29,32,34-54H2,1-3H3/b19-16-,27-25-,30-28-,33-31-/t55-/m1/s1. The first-order chi connectivity index (χ1) is 31.5. The second-order valence-corrected chi connectivity index (χ2v) is 18.5. The highest BCUT2D eigenvalue weighted by molar-refractivity contribution is 5.71. The molecule has 0 bridgehead atoms. The first kappa shape index (κ1) is 61.4. The summed E-state index contributed by atoms with van der Waals surface area (Å²) in [5.41, 5.74) is 0. The monoisotopic (exact) mass is 897 g/mol. The molecule has 0 fully saturated rings. The van der Waals surface area contributed by atoms with E-state index in [4.69, 9.17) is 14.2 Å². The van der Waals surface area contributed by atoms with Gasteiger partial charge in [0.05, 0.1) is 0 Å². The summed E-state index contributed by atoms with van der Waals surface area (Å²) in [6, 6.07) is 0. The number of ether oxygens (including phenoxy) is 3. The fraction of sp³-hybridized carbons (Fsp3) is 0.810. The van der Waals surface area contributed by atoms with E-state index in [0.717, 1.165) is 96.3 Å². The minimum absolute atomic E-state index is 0.0811. The smallest absolute Gasteiger partial charge is 0.306 e. The molecular weight excluding hydrogens is 793 g/mol. The Morgan fingerprint density at radius 3 is 0.922 bits per heavy atom. The molecule has 1 atom stereocenters. The molecule has 0 radical (unpaired) electrons. The van der Waals surface area contributed by atoms with Gasteiger partial charge in [-0.2, -0.15) is 0 Å². The fourth-order valence-electron chi connectivity index (χ4n) is 7.86. The highest BCUT2D eigenvalue weighted by Gasteiger charge is 2.19. The van der Waals surface area contributed by atoms with Gasteiger partial charge in [0.15, 0.2) is 6.10 Å². The number of esters is 3. The topological polar surface area (TPSA) is 78.9 Å². The van der Waals surface area contributed by atoms with Gasteiger partial charge < -0.3 is 14.2 Å². The van der Waals surface area contributed by atoms with E-state index in [9.17, 15) is 14.4 Å². The Hall–Kier alpha value is -2.63. The van der Waals surface area contributed by atoms with Crippen LogP contribution in [0.2, 0.25) is 0 Å². The van der Waals surface area contributed by atoms with Crippen LogP contribution in [0.3, 0.4) is 0 Å². The Morgan fingerprint density at radius 1 is 0.312 bits per heavy atom. The van der Waals surface area contributed by atoms with Crippen LogP contribution < -0.4 is 0 Å².